The Morgan fingerprint density at radius 2 is 2.16 bits per heavy atom. The number of sulfonamides is 1. The highest BCUT2D eigenvalue weighted by Crippen LogP contribution is 2.17. The minimum atomic E-state index is -3.85. The number of carbonyl (C=O) groups is 1. The van der Waals surface area contributed by atoms with Crippen LogP contribution in [0.1, 0.15) is 13.3 Å². The molecule has 0 saturated carbocycles. The Kier molecular flexibility index (Phi) is 5.25. The second kappa shape index (κ2) is 6.48. The lowest BCUT2D eigenvalue weighted by molar-refractivity contribution is -0.137. The van der Waals surface area contributed by atoms with E-state index in [9.17, 15) is 13.2 Å². The lowest BCUT2D eigenvalue weighted by atomic mass is 10.5. The molecule has 0 spiro atoms. The van der Waals surface area contributed by atoms with Crippen LogP contribution in [0.15, 0.2) is 23.2 Å². The Morgan fingerprint density at radius 3 is 2.58 bits per heavy atom. The Balaban J connectivity index is 3.06. The third-order valence-corrected chi connectivity index (χ3v) is 4.17. The fraction of sp³-hybridized carbons (Fsp3) is 0.455. The molecule has 106 valence electrons. The summed E-state index contributed by atoms with van der Waals surface area (Å²) in [5, 5.41) is 8.76. The SMILES string of the molecule is CCCN(CC(=O)O)S(=O)(=O)c1ccc(OC)nc1. The molecule has 0 fully saturated rings. The van der Waals surface area contributed by atoms with Crippen molar-refractivity contribution in [1.82, 2.24) is 9.29 Å². The second-order valence-electron chi connectivity index (χ2n) is 3.77. The molecule has 0 amide bonds. The zero-order chi connectivity index (χ0) is 14.5. The zero-order valence-electron chi connectivity index (χ0n) is 10.7. The van der Waals surface area contributed by atoms with Crippen molar-refractivity contribution in [1.29, 1.82) is 0 Å². The first-order valence-corrected chi connectivity index (χ1v) is 7.07. The van der Waals surface area contributed by atoms with Gasteiger partial charge in [-0.25, -0.2) is 13.4 Å². The topological polar surface area (TPSA) is 96.8 Å². The van der Waals surface area contributed by atoms with Gasteiger partial charge in [0.2, 0.25) is 15.9 Å². The van der Waals surface area contributed by atoms with Gasteiger partial charge in [0.25, 0.3) is 0 Å². The van der Waals surface area contributed by atoms with Gasteiger partial charge in [-0.1, -0.05) is 6.92 Å². The number of hydrogen-bond acceptors (Lipinski definition) is 5. The molecule has 19 heavy (non-hydrogen) atoms. The summed E-state index contributed by atoms with van der Waals surface area (Å²) in [4.78, 5) is 14.5. The van der Waals surface area contributed by atoms with Gasteiger partial charge in [-0.2, -0.15) is 4.31 Å². The quantitative estimate of drug-likeness (QED) is 0.788. The predicted octanol–water partition coefficient (Wildman–Crippen LogP) is 0.575. The van der Waals surface area contributed by atoms with Crippen LogP contribution in [-0.2, 0) is 14.8 Å². The number of rotatable bonds is 7. The molecule has 0 aliphatic rings. The van der Waals surface area contributed by atoms with Gasteiger partial charge in [0.15, 0.2) is 0 Å². The third-order valence-electron chi connectivity index (χ3n) is 2.34. The fourth-order valence-corrected chi connectivity index (χ4v) is 2.90. The predicted molar refractivity (Wildman–Crippen MR) is 67.5 cm³/mol. The summed E-state index contributed by atoms with van der Waals surface area (Å²) in [5.74, 6) is -0.905. The van der Waals surface area contributed by atoms with Crippen molar-refractivity contribution in [3.63, 3.8) is 0 Å². The maximum absolute atomic E-state index is 12.2. The molecule has 0 aliphatic carbocycles. The van der Waals surface area contributed by atoms with Gasteiger partial charge in [-0.05, 0) is 12.5 Å². The van der Waals surface area contributed by atoms with Crippen LogP contribution in [0.2, 0.25) is 0 Å². The molecule has 1 aromatic rings. The van der Waals surface area contributed by atoms with Crippen molar-refractivity contribution in [2.24, 2.45) is 0 Å². The molecular weight excluding hydrogens is 272 g/mol. The molecule has 0 radical (unpaired) electrons. The summed E-state index contributed by atoms with van der Waals surface area (Å²) in [5.41, 5.74) is 0. The van der Waals surface area contributed by atoms with Gasteiger partial charge in [-0.15, -0.1) is 0 Å². The summed E-state index contributed by atoms with van der Waals surface area (Å²) in [6.45, 7) is 1.35. The minimum absolute atomic E-state index is 0.0528. The maximum Gasteiger partial charge on any atom is 0.318 e. The van der Waals surface area contributed by atoms with E-state index in [4.69, 9.17) is 9.84 Å². The van der Waals surface area contributed by atoms with Crippen LogP contribution in [0.4, 0.5) is 0 Å². The average molecular weight is 288 g/mol. The smallest absolute Gasteiger partial charge is 0.318 e. The van der Waals surface area contributed by atoms with Gasteiger partial charge < -0.3 is 9.84 Å². The molecule has 0 aliphatic heterocycles. The molecule has 0 aromatic carbocycles. The molecule has 1 N–H and O–H groups in total. The molecule has 1 heterocycles. The van der Waals surface area contributed by atoms with Crippen LogP contribution < -0.4 is 4.74 Å². The van der Waals surface area contributed by atoms with E-state index in [0.29, 0.717) is 12.3 Å². The number of methoxy groups -OCH3 is 1. The minimum Gasteiger partial charge on any atom is -0.481 e. The number of pyridine rings is 1. The Labute approximate surface area is 111 Å². The lowest BCUT2D eigenvalue weighted by Crippen LogP contribution is -2.36. The van der Waals surface area contributed by atoms with Crippen molar-refractivity contribution in [2.75, 3.05) is 20.2 Å². The Morgan fingerprint density at radius 1 is 1.47 bits per heavy atom. The monoisotopic (exact) mass is 288 g/mol. The molecular formula is C11H16N2O5S. The van der Waals surface area contributed by atoms with Gasteiger partial charge in [0.1, 0.15) is 11.4 Å². The number of ether oxygens (including phenoxy) is 1. The van der Waals surface area contributed by atoms with Gasteiger partial charge >= 0.3 is 5.97 Å². The Bertz CT molecular complexity index is 527. The largest absolute Gasteiger partial charge is 0.481 e. The summed E-state index contributed by atoms with van der Waals surface area (Å²) in [7, 11) is -2.43. The molecule has 8 heteroatoms. The Hall–Kier alpha value is -1.67. The number of aliphatic carboxylic acids is 1. The van der Waals surface area contributed by atoms with Crippen molar-refractivity contribution < 1.29 is 23.1 Å². The van der Waals surface area contributed by atoms with Crippen LogP contribution in [0.25, 0.3) is 0 Å². The molecule has 0 bridgehead atoms. The van der Waals surface area contributed by atoms with E-state index in [1.807, 2.05) is 0 Å². The van der Waals surface area contributed by atoms with E-state index >= 15 is 0 Å². The van der Waals surface area contributed by atoms with Gasteiger partial charge in [0.05, 0.1) is 13.3 Å². The van der Waals surface area contributed by atoms with Gasteiger partial charge in [0, 0.05) is 12.6 Å². The van der Waals surface area contributed by atoms with E-state index in [2.05, 4.69) is 4.98 Å². The summed E-state index contributed by atoms with van der Waals surface area (Å²) < 4.78 is 30.2. The summed E-state index contributed by atoms with van der Waals surface area (Å²) in [6, 6.07) is 2.75. The fourth-order valence-electron chi connectivity index (χ4n) is 1.47. The van der Waals surface area contributed by atoms with E-state index in [-0.39, 0.29) is 11.4 Å². The van der Waals surface area contributed by atoms with E-state index in [1.54, 1.807) is 6.92 Å². The second-order valence-corrected chi connectivity index (χ2v) is 5.71. The first-order chi connectivity index (χ1) is 8.91. The molecule has 7 nitrogen and oxygen atoms in total. The van der Waals surface area contributed by atoms with Crippen LogP contribution in [0.5, 0.6) is 5.88 Å². The molecule has 0 unspecified atom stereocenters. The third kappa shape index (κ3) is 3.90. The normalized spacial score (nSPS) is 11.5. The van der Waals surface area contributed by atoms with E-state index in [1.165, 1.54) is 19.2 Å². The first-order valence-electron chi connectivity index (χ1n) is 5.63. The lowest BCUT2D eigenvalue weighted by Gasteiger charge is -2.19. The molecule has 0 atom stereocenters. The maximum atomic E-state index is 12.2. The zero-order valence-corrected chi connectivity index (χ0v) is 11.6. The van der Waals surface area contributed by atoms with Crippen molar-refractivity contribution in [3.05, 3.63) is 18.3 Å². The van der Waals surface area contributed by atoms with E-state index in [0.717, 1.165) is 10.5 Å². The first kappa shape index (κ1) is 15.4. The van der Waals surface area contributed by atoms with Crippen molar-refractivity contribution >= 4 is 16.0 Å². The van der Waals surface area contributed by atoms with Crippen LogP contribution in [0, 0.1) is 0 Å². The highest BCUT2D eigenvalue weighted by Gasteiger charge is 2.26. The number of carboxylic acid groups (broad SMARTS) is 1. The van der Waals surface area contributed by atoms with Crippen molar-refractivity contribution in [3.8, 4) is 5.88 Å². The van der Waals surface area contributed by atoms with Gasteiger partial charge in [-0.3, -0.25) is 4.79 Å². The summed E-state index contributed by atoms with van der Waals surface area (Å²) in [6.07, 6.45) is 1.68. The standard InChI is InChI=1S/C11H16N2O5S/c1-3-6-13(8-11(14)15)19(16,17)9-4-5-10(18-2)12-7-9/h4-5,7H,3,6,8H2,1-2H3,(H,14,15). The molecule has 1 aromatic heterocycles. The highest BCUT2D eigenvalue weighted by molar-refractivity contribution is 7.89. The number of carboxylic acids is 1. The average Bonchev–Trinajstić information content (AvgIpc) is 2.38. The molecule has 1 rings (SSSR count). The number of nitrogens with zero attached hydrogens (tertiary/aromatic N) is 2. The van der Waals surface area contributed by atoms with Crippen LogP contribution in [-0.4, -0.2) is 49.0 Å². The summed E-state index contributed by atoms with van der Waals surface area (Å²) >= 11 is 0. The van der Waals surface area contributed by atoms with Crippen LogP contribution in [0.3, 0.4) is 0 Å². The number of hydrogen-bond donors (Lipinski definition) is 1. The van der Waals surface area contributed by atoms with E-state index < -0.39 is 22.5 Å². The molecule has 0 saturated heterocycles. The highest BCUT2D eigenvalue weighted by atomic mass is 32.2. The van der Waals surface area contributed by atoms with Crippen molar-refractivity contribution in [2.45, 2.75) is 18.2 Å². The van der Waals surface area contributed by atoms with Crippen LogP contribution >= 0.6 is 0 Å². The number of aromatic nitrogens is 1.